The van der Waals surface area contributed by atoms with Crippen LogP contribution in [0.4, 0.5) is 5.95 Å². The van der Waals surface area contributed by atoms with Gasteiger partial charge in [-0.25, -0.2) is 9.97 Å². The van der Waals surface area contributed by atoms with Crippen LogP contribution >= 0.6 is 0 Å². The number of rotatable bonds is 5. The van der Waals surface area contributed by atoms with Crippen LogP contribution in [0.3, 0.4) is 0 Å². The summed E-state index contributed by atoms with van der Waals surface area (Å²) in [5.74, 6) is 0.871. The van der Waals surface area contributed by atoms with Crippen LogP contribution in [0.25, 0.3) is 22.2 Å². The number of benzene rings is 1. The zero-order chi connectivity index (χ0) is 16.4. The lowest BCUT2D eigenvalue weighted by molar-refractivity contribution is 0.650. The lowest BCUT2D eigenvalue weighted by Crippen LogP contribution is -2.20. The third kappa shape index (κ3) is 2.77. The van der Waals surface area contributed by atoms with Gasteiger partial charge in [0.05, 0.1) is 5.69 Å². The van der Waals surface area contributed by atoms with Crippen molar-refractivity contribution in [2.75, 3.05) is 18.0 Å². The molecule has 1 saturated heterocycles. The number of unbranched alkanes of at least 4 members (excludes halogenated alkanes) is 1. The molecule has 0 N–H and O–H groups in total. The van der Waals surface area contributed by atoms with Crippen LogP contribution in [0.5, 0.6) is 0 Å². The van der Waals surface area contributed by atoms with Crippen LogP contribution in [0.2, 0.25) is 0 Å². The van der Waals surface area contributed by atoms with Gasteiger partial charge in [-0.3, -0.25) is 0 Å². The molecule has 24 heavy (non-hydrogen) atoms. The summed E-state index contributed by atoms with van der Waals surface area (Å²) in [6, 6.07) is 10.7. The second kappa shape index (κ2) is 6.63. The fourth-order valence-corrected chi connectivity index (χ4v) is 3.53. The van der Waals surface area contributed by atoms with E-state index in [1.807, 2.05) is 12.3 Å². The summed E-state index contributed by atoms with van der Waals surface area (Å²) in [7, 11) is 0. The quantitative estimate of drug-likeness (QED) is 0.694. The van der Waals surface area contributed by atoms with Gasteiger partial charge in [0.15, 0.2) is 0 Å². The van der Waals surface area contributed by atoms with Crippen LogP contribution in [0.1, 0.15) is 32.6 Å². The number of aromatic nitrogens is 3. The van der Waals surface area contributed by atoms with Gasteiger partial charge in [-0.05, 0) is 31.4 Å². The van der Waals surface area contributed by atoms with Gasteiger partial charge in [0.2, 0.25) is 5.95 Å². The van der Waals surface area contributed by atoms with E-state index in [1.165, 1.54) is 42.1 Å². The molecule has 4 rings (SSSR count). The van der Waals surface area contributed by atoms with E-state index in [0.717, 1.165) is 31.3 Å². The van der Waals surface area contributed by atoms with Crippen LogP contribution in [0.15, 0.2) is 42.7 Å². The number of para-hydroxylation sites is 1. The molecule has 0 radical (unpaired) electrons. The minimum atomic E-state index is 0.871. The standard InChI is InChI=1S/C20H24N4/c1-2-3-12-24-15-17(16-8-4-5-9-19(16)24)18-10-11-21-20(22-18)23-13-6-7-14-23/h4-5,8-11,15H,2-3,6-7,12-14H2,1H3. The first-order valence-electron chi connectivity index (χ1n) is 9.03. The predicted molar refractivity (Wildman–Crippen MR) is 99.3 cm³/mol. The fraction of sp³-hybridized carbons (Fsp3) is 0.400. The maximum Gasteiger partial charge on any atom is 0.225 e. The molecule has 1 aromatic carbocycles. The number of nitrogens with zero attached hydrogens (tertiary/aromatic N) is 4. The van der Waals surface area contributed by atoms with Crippen LogP contribution in [0, 0.1) is 0 Å². The number of hydrogen-bond acceptors (Lipinski definition) is 3. The molecule has 1 aliphatic rings. The molecule has 0 atom stereocenters. The highest BCUT2D eigenvalue weighted by atomic mass is 15.3. The van der Waals surface area contributed by atoms with Crippen molar-refractivity contribution in [3.8, 4) is 11.3 Å². The molecule has 2 aromatic heterocycles. The Morgan fingerprint density at radius 3 is 2.75 bits per heavy atom. The van der Waals surface area contributed by atoms with E-state index in [2.05, 4.69) is 51.8 Å². The van der Waals surface area contributed by atoms with E-state index < -0.39 is 0 Å². The molecule has 124 valence electrons. The molecular weight excluding hydrogens is 296 g/mol. The molecule has 0 amide bonds. The Bertz CT molecular complexity index is 831. The molecule has 0 spiro atoms. The first-order valence-corrected chi connectivity index (χ1v) is 9.03. The van der Waals surface area contributed by atoms with E-state index in [1.54, 1.807) is 0 Å². The highest BCUT2D eigenvalue weighted by molar-refractivity contribution is 5.95. The van der Waals surface area contributed by atoms with Gasteiger partial charge in [-0.15, -0.1) is 0 Å². The predicted octanol–water partition coefficient (Wildman–Crippen LogP) is 4.50. The zero-order valence-corrected chi connectivity index (χ0v) is 14.3. The minimum Gasteiger partial charge on any atom is -0.347 e. The third-order valence-electron chi connectivity index (χ3n) is 4.85. The highest BCUT2D eigenvalue weighted by Gasteiger charge is 2.17. The molecule has 0 saturated carbocycles. The second-order valence-electron chi connectivity index (χ2n) is 6.54. The number of hydrogen-bond donors (Lipinski definition) is 0. The molecule has 1 aliphatic heterocycles. The summed E-state index contributed by atoms with van der Waals surface area (Å²) < 4.78 is 2.37. The normalized spacial score (nSPS) is 14.6. The van der Waals surface area contributed by atoms with E-state index in [0.29, 0.717) is 0 Å². The molecule has 0 aliphatic carbocycles. The second-order valence-corrected chi connectivity index (χ2v) is 6.54. The summed E-state index contributed by atoms with van der Waals surface area (Å²) in [5, 5.41) is 1.28. The maximum absolute atomic E-state index is 4.87. The van der Waals surface area contributed by atoms with Crippen LogP contribution in [-0.4, -0.2) is 27.6 Å². The van der Waals surface area contributed by atoms with Crippen LogP contribution in [-0.2, 0) is 6.54 Å². The van der Waals surface area contributed by atoms with Crippen molar-refractivity contribution in [3.05, 3.63) is 42.7 Å². The first kappa shape index (κ1) is 15.2. The van der Waals surface area contributed by atoms with Crippen molar-refractivity contribution >= 4 is 16.9 Å². The van der Waals surface area contributed by atoms with Gasteiger partial charge in [0, 0.05) is 48.5 Å². The lowest BCUT2D eigenvalue weighted by atomic mass is 10.1. The SMILES string of the molecule is CCCCn1cc(-c2ccnc(N3CCCC3)n2)c2ccccc21. The van der Waals surface area contributed by atoms with Crippen molar-refractivity contribution in [1.82, 2.24) is 14.5 Å². The fourth-order valence-electron chi connectivity index (χ4n) is 3.53. The number of fused-ring (bicyclic) bond motifs is 1. The van der Waals surface area contributed by atoms with Gasteiger partial charge >= 0.3 is 0 Å². The first-order chi connectivity index (χ1) is 11.9. The summed E-state index contributed by atoms with van der Waals surface area (Å²) in [4.78, 5) is 11.7. The molecule has 1 fully saturated rings. The Kier molecular flexibility index (Phi) is 4.20. The molecule has 3 heterocycles. The lowest BCUT2D eigenvalue weighted by Gasteiger charge is -2.15. The Morgan fingerprint density at radius 2 is 1.92 bits per heavy atom. The van der Waals surface area contributed by atoms with Gasteiger partial charge < -0.3 is 9.47 Å². The van der Waals surface area contributed by atoms with Crippen LogP contribution < -0.4 is 4.90 Å². The molecule has 3 aromatic rings. The number of anilines is 1. The molecular formula is C20H24N4. The Morgan fingerprint density at radius 1 is 1.08 bits per heavy atom. The van der Waals surface area contributed by atoms with Gasteiger partial charge in [0.25, 0.3) is 0 Å². The third-order valence-corrected chi connectivity index (χ3v) is 4.85. The molecule has 0 unspecified atom stereocenters. The monoisotopic (exact) mass is 320 g/mol. The molecule has 0 bridgehead atoms. The van der Waals surface area contributed by atoms with Crippen molar-refractivity contribution in [2.24, 2.45) is 0 Å². The average molecular weight is 320 g/mol. The topological polar surface area (TPSA) is 34.0 Å². The van der Waals surface area contributed by atoms with E-state index in [-0.39, 0.29) is 0 Å². The van der Waals surface area contributed by atoms with E-state index >= 15 is 0 Å². The highest BCUT2D eigenvalue weighted by Crippen LogP contribution is 2.30. The zero-order valence-electron chi connectivity index (χ0n) is 14.3. The average Bonchev–Trinajstić information content (AvgIpc) is 3.28. The largest absolute Gasteiger partial charge is 0.347 e. The summed E-state index contributed by atoms with van der Waals surface area (Å²) in [6.45, 7) is 5.43. The van der Waals surface area contributed by atoms with Gasteiger partial charge in [-0.1, -0.05) is 31.5 Å². The van der Waals surface area contributed by atoms with Gasteiger partial charge in [0.1, 0.15) is 0 Å². The van der Waals surface area contributed by atoms with E-state index in [9.17, 15) is 0 Å². The van der Waals surface area contributed by atoms with Crippen molar-refractivity contribution in [1.29, 1.82) is 0 Å². The summed E-state index contributed by atoms with van der Waals surface area (Å²) in [6.07, 6.45) is 9.04. The molecule has 4 nitrogen and oxygen atoms in total. The molecule has 4 heteroatoms. The van der Waals surface area contributed by atoms with Crippen molar-refractivity contribution < 1.29 is 0 Å². The Balaban J connectivity index is 1.77. The Labute approximate surface area is 143 Å². The van der Waals surface area contributed by atoms with Crippen molar-refractivity contribution in [2.45, 2.75) is 39.2 Å². The number of aryl methyl sites for hydroxylation is 1. The van der Waals surface area contributed by atoms with Crippen molar-refractivity contribution in [3.63, 3.8) is 0 Å². The smallest absolute Gasteiger partial charge is 0.225 e. The summed E-state index contributed by atoms with van der Waals surface area (Å²) in [5.41, 5.74) is 3.53. The summed E-state index contributed by atoms with van der Waals surface area (Å²) >= 11 is 0. The van der Waals surface area contributed by atoms with Gasteiger partial charge in [-0.2, -0.15) is 0 Å². The van der Waals surface area contributed by atoms with E-state index in [4.69, 9.17) is 4.98 Å². The maximum atomic E-state index is 4.87. The Hall–Kier alpha value is -2.36. The minimum absolute atomic E-state index is 0.871.